The molecule has 0 bridgehead atoms. The average molecular weight is 376 g/mol. The number of nitrogens with zero attached hydrogens (tertiary/aromatic N) is 1. The Bertz CT molecular complexity index is 1040. The lowest BCUT2D eigenvalue weighted by Crippen LogP contribution is -2.31. The van der Waals surface area contributed by atoms with Crippen LogP contribution in [0.15, 0.2) is 38.6 Å². The van der Waals surface area contributed by atoms with Crippen molar-refractivity contribution in [3.05, 3.63) is 56.8 Å². The van der Waals surface area contributed by atoms with Gasteiger partial charge in [0.15, 0.2) is 0 Å². The number of aryl methyl sites for hydroxylation is 1. The van der Waals surface area contributed by atoms with E-state index in [4.69, 9.17) is 16.0 Å². The smallest absolute Gasteiger partial charge is 0.262 e. The third kappa shape index (κ3) is 2.83. The van der Waals surface area contributed by atoms with Crippen LogP contribution in [-0.2, 0) is 0 Å². The Balaban J connectivity index is 1.72. The number of thioether (sulfide) groups is 1. The van der Waals surface area contributed by atoms with Crippen LogP contribution in [0.5, 0.6) is 0 Å². The number of nitrogens with one attached hydrogen (secondary N) is 2. The molecule has 1 amide bonds. The lowest BCUT2D eigenvalue weighted by Gasteiger charge is -2.26. The second-order valence-electron chi connectivity index (χ2n) is 5.79. The van der Waals surface area contributed by atoms with Crippen LogP contribution in [0.25, 0.3) is 11.1 Å². The topological polar surface area (TPSA) is 88.0 Å². The van der Waals surface area contributed by atoms with Crippen molar-refractivity contribution in [1.82, 2.24) is 15.3 Å². The van der Waals surface area contributed by atoms with Gasteiger partial charge in [0.1, 0.15) is 11.1 Å². The zero-order valence-corrected chi connectivity index (χ0v) is 14.8. The standard InChI is InChI=1S/C17H14ClN3O3S/c1-8-13(14-15(22)19-7-20-17(14)24-8)16(23)21-11-4-5-25-12-3-2-9(18)6-10(11)12/h2-3,6-7,11H,4-5H2,1H3,(H,21,23)(H,19,20,22). The van der Waals surface area contributed by atoms with Crippen LogP contribution in [0.4, 0.5) is 0 Å². The van der Waals surface area contributed by atoms with Gasteiger partial charge in [-0.2, -0.15) is 0 Å². The van der Waals surface area contributed by atoms with Gasteiger partial charge >= 0.3 is 0 Å². The summed E-state index contributed by atoms with van der Waals surface area (Å²) in [5.74, 6) is 0.915. The molecule has 0 fully saturated rings. The van der Waals surface area contributed by atoms with Gasteiger partial charge in [0.25, 0.3) is 11.5 Å². The highest BCUT2D eigenvalue weighted by molar-refractivity contribution is 7.99. The van der Waals surface area contributed by atoms with Crippen LogP contribution in [0.2, 0.25) is 5.02 Å². The number of fused-ring (bicyclic) bond motifs is 2. The van der Waals surface area contributed by atoms with E-state index in [0.717, 1.165) is 22.6 Å². The van der Waals surface area contributed by atoms with Crippen molar-refractivity contribution in [3.63, 3.8) is 0 Å². The Morgan fingerprint density at radius 2 is 2.32 bits per heavy atom. The number of H-pyrrole nitrogens is 1. The van der Waals surface area contributed by atoms with Crippen LogP contribution >= 0.6 is 23.4 Å². The number of carbonyl (C=O) groups excluding carboxylic acids is 1. The molecule has 0 aliphatic carbocycles. The molecule has 1 aliphatic heterocycles. The van der Waals surface area contributed by atoms with Crippen molar-refractivity contribution in [1.29, 1.82) is 0 Å². The summed E-state index contributed by atoms with van der Waals surface area (Å²) in [4.78, 5) is 32.5. The number of aromatic nitrogens is 2. The highest BCUT2D eigenvalue weighted by atomic mass is 35.5. The zero-order valence-electron chi connectivity index (χ0n) is 13.3. The summed E-state index contributed by atoms with van der Waals surface area (Å²) in [7, 11) is 0. The number of furan rings is 1. The van der Waals surface area contributed by atoms with Crippen LogP contribution in [0.3, 0.4) is 0 Å². The number of benzene rings is 1. The maximum absolute atomic E-state index is 12.9. The molecule has 2 N–H and O–H groups in total. The van der Waals surface area contributed by atoms with E-state index in [9.17, 15) is 9.59 Å². The summed E-state index contributed by atoms with van der Waals surface area (Å²) < 4.78 is 5.46. The molecule has 25 heavy (non-hydrogen) atoms. The molecule has 3 aromatic rings. The number of carbonyl (C=O) groups is 1. The first-order valence-electron chi connectivity index (χ1n) is 7.74. The van der Waals surface area contributed by atoms with Gasteiger partial charge < -0.3 is 14.7 Å². The first kappa shape index (κ1) is 16.2. The van der Waals surface area contributed by atoms with Gasteiger partial charge in [0, 0.05) is 15.7 Å². The van der Waals surface area contributed by atoms with Gasteiger partial charge in [0.2, 0.25) is 5.71 Å². The van der Waals surface area contributed by atoms with E-state index in [-0.39, 0.29) is 28.6 Å². The van der Waals surface area contributed by atoms with Gasteiger partial charge in [-0.3, -0.25) is 9.59 Å². The fourth-order valence-electron chi connectivity index (χ4n) is 3.07. The molecule has 0 saturated heterocycles. The Kier molecular flexibility index (Phi) is 4.05. The summed E-state index contributed by atoms with van der Waals surface area (Å²) in [6.07, 6.45) is 2.04. The molecule has 0 radical (unpaired) electrons. The summed E-state index contributed by atoms with van der Waals surface area (Å²) in [6, 6.07) is 5.52. The van der Waals surface area contributed by atoms with Crippen LogP contribution < -0.4 is 10.9 Å². The number of aromatic amines is 1. The van der Waals surface area contributed by atoms with Crippen molar-refractivity contribution in [2.75, 3.05) is 5.75 Å². The van der Waals surface area contributed by atoms with Gasteiger partial charge in [-0.15, -0.1) is 11.8 Å². The fourth-order valence-corrected chi connectivity index (χ4v) is 4.36. The SMILES string of the molecule is Cc1oc2nc[nH]c(=O)c2c1C(=O)NC1CCSc2ccc(Cl)cc21. The lowest BCUT2D eigenvalue weighted by atomic mass is 10.0. The summed E-state index contributed by atoms with van der Waals surface area (Å²) in [5.41, 5.74) is 0.990. The van der Waals surface area contributed by atoms with E-state index in [2.05, 4.69) is 15.3 Å². The molecule has 1 aromatic carbocycles. The molecule has 6 nitrogen and oxygen atoms in total. The molecular weight excluding hydrogens is 362 g/mol. The highest BCUT2D eigenvalue weighted by Crippen LogP contribution is 2.37. The number of amides is 1. The maximum Gasteiger partial charge on any atom is 0.262 e. The first-order valence-corrected chi connectivity index (χ1v) is 9.11. The van der Waals surface area contributed by atoms with Gasteiger partial charge in [-0.05, 0) is 37.1 Å². The predicted molar refractivity (Wildman–Crippen MR) is 96.4 cm³/mol. The zero-order chi connectivity index (χ0) is 17.6. The Morgan fingerprint density at radius 3 is 3.16 bits per heavy atom. The Labute approximate surface area is 152 Å². The number of hydrogen-bond donors (Lipinski definition) is 2. The molecule has 1 unspecified atom stereocenters. The van der Waals surface area contributed by atoms with Crippen LogP contribution in [-0.4, -0.2) is 21.6 Å². The lowest BCUT2D eigenvalue weighted by molar-refractivity contribution is 0.0935. The number of rotatable bonds is 2. The Hall–Kier alpha value is -2.25. The van der Waals surface area contributed by atoms with Crippen molar-refractivity contribution in [2.45, 2.75) is 24.3 Å². The van der Waals surface area contributed by atoms with Crippen LogP contribution in [0, 0.1) is 6.92 Å². The van der Waals surface area contributed by atoms with Crippen molar-refractivity contribution < 1.29 is 9.21 Å². The van der Waals surface area contributed by atoms with Gasteiger partial charge in [-0.1, -0.05) is 11.6 Å². The third-order valence-electron chi connectivity index (χ3n) is 4.21. The Morgan fingerprint density at radius 1 is 1.48 bits per heavy atom. The molecule has 1 atom stereocenters. The van der Waals surface area contributed by atoms with E-state index >= 15 is 0 Å². The van der Waals surface area contributed by atoms with E-state index in [0.29, 0.717) is 10.8 Å². The first-order chi connectivity index (χ1) is 12.0. The van der Waals surface area contributed by atoms with Crippen molar-refractivity contribution >= 4 is 40.4 Å². The van der Waals surface area contributed by atoms with Crippen molar-refractivity contribution in [3.8, 4) is 0 Å². The quantitative estimate of drug-likeness (QED) is 0.716. The molecule has 2 aromatic heterocycles. The fraction of sp³-hybridized carbons (Fsp3) is 0.235. The average Bonchev–Trinajstić information content (AvgIpc) is 2.93. The number of hydrogen-bond acceptors (Lipinski definition) is 5. The second-order valence-corrected chi connectivity index (χ2v) is 7.36. The molecule has 8 heteroatoms. The van der Waals surface area contributed by atoms with E-state index < -0.39 is 5.56 Å². The summed E-state index contributed by atoms with van der Waals surface area (Å²) in [6.45, 7) is 1.65. The minimum Gasteiger partial charge on any atom is -0.442 e. The van der Waals surface area contributed by atoms with Gasteiger partial charge in [0.05, 0.1) is 17.9 Å². The molecule has 3 heterocycles. The summed E-state index contributed by atoms with van der Waals surface area (Å²) >= 11 is 7.85. The minimum atomic E-state index is -0.394. The summed E-state index contributed by atoms with van der Waals surface area (Å²) in [5, 5.41) is 3.82. The second kappa shape index (κ2) is 6.24. The molecule has 4 rings (SSSR count). The van der Waals surface area contributed by atoms with E-state index in [1.807, 2.05) is 18.2 Å². The van der Waals surface area contributed by atoms with Crippen LogP contribution in [0.1, 0.15) is 34.1 Å². The van der Waals surface area contributed by atoms with Gasteiger partial charge in [-0.25, -0.2) is 4.98 Å². The molecule has 1 aliphatic rings. The van der Waals surface area contributed by atoms with Crippen molar-refractivity contribution in [2.24, 2.45) is 0 Å². The number of halogens is 1. The minimum absolute atomic E-state index is 0.161. The monoisotopic (exact) mass is 375 g/mol. The van der Waals surface area contributed by atoms with E-state index in [1.54, 1.807) is 18.7 Å². The molecular formula is C17H14ClN3O3S. The molecule has 0 saturated carbocycles. The van der Waals surface area contributed by atoms with E-state index in [1.165, 1.54) is 6.33 Å². The normalized spacial score (nSPS) is 16.6. The maximum atomic E-state index is 12.9. The molecule has 128 valence electrons. The molecule has 0 spiro atoms. The third-order valence-corrected chi connectivity index (χ3v) is 5.57. The highest BCUT2D eigenvalue weighted by Gasteiger charge is 2.27. The largest absolute Gasteiger partial charge is 0.442 e. The predicted octanol–water partition coefficient (Wildman–Crippen LogP) is 3.44.